The first-order valence-corrected chi connectivity index (χ1v) is 6.91. The number of hydrogen-bond donors (Lipinski definition) is 2. The molecule has 0 aliphatic rings. The Labute approximate surface area is 107 Å². The minimum absolute atomic E-state index is 0.0559. The number of aliphatic carboxylic acids is 1. The molecule has 0 fully saturated rings. The lowest BCUT2D eigenvalue weighted by atomic mass is 10.3. The van der Waals surface area contributed by atoms with E-state index < -0.39 is 5.97 Å². The first kappa shape index (κ1) is 16.2. The summed E-state index contributed by atoms with van der Waals surface area (Å²) in [5.41, 5.74) is 0. The fraction of sp³-hybridized carbons (Fsp3) is 0.818. The monoisotopic (exact) mass is 263 g/mol. The van der Waals surface area contributed by atoms with Crippen molar-refractivity contribution in [3.05, 3.63) is 0 Å². The molecule has 5 nitrogen and oxygen atoms in total. The Morgan fingerprint density at radius 1 is 1.35 bits per heavy atom. The van der Waals surface area contributed by atoms with Crippen LogP contribution in [0.5, 0.6) is 0 Å². The van der Waals surface area contributed by atoms with Crippen molar-refractivity contribution in [3.8, 4) is 0 Å². The summed E-state index contributed by atoms with van der Waals surface area (Å²) in [6.45, 7) is 3.49. The predicted octanol–water partition coefficient (Wildman–Crippen LogP) is 0.407. The topological polar surface area (TPSA) is 66.4 Å². The van der Waals surface area contributed by atoms with Crippen LogP contribution in [0.25, 0.3) is 0 Å². The van der Waals surface area contributed by atoms with Gasteiger partial charge in [0.2, 0.25) is 5.91 Å². The van der Waals surface area contributed by atoms with Gasteiger partial charge in [-0.05, 0) is 5.75 Å². The van der Waals surface area contributed by atoms with E-state index in [1.54, 1.807) is 11.8 Å². The third-order valence-electron chi connectivity index (χ3n) is 2.26. The Morgan fingerprint density at radius 2 is 2.00 bits per heavy atom. The molecule has 0 saturated heterocycles. The van der Waals surface area contributed by atoms with Gasteiger partial charge in [-0.25, -0.2) is 4.79 Å². The van der Waals surface area contributed by atoms with Crippen molar-refractivity contribution in [1.82, 2.24) is 5.32 Å². The van der Waals surface area contributed by atoms with Gasteiger partial charge in [-0.2, -0.15) is 11.8 Å². The van der Waals surface area contributed by atoms with Crippen LogP contribution in [0, 0.1) is 0 Å². The Morgan fingerprint density at radius 3 is 2.53 bits per heavy atom. The van der Waals surface area contributed by atoms with E-state index in [0.29, 0.717) is 16.8 Å². The van der Waals surface area contributed by atoms with Crippen molar-refractivity contribution in [2.24, 2.45) is 0 Å². The molecular weight excluding hydrogens is 240 g/mol. The van der Waals surface area contributed by atoms with Gasteiger partial charge in [0.15, 0.2) is 6.54 Å². The van der Waals surface area contributed by atoms with E-state index in [9.17, 15) is 9.59 Å². The molecule has 0 radical (unpaired) electrons. The fourth-order valence-corrected chi connectivity index (χ4v) is 1.92. The average molecular weight is 263 g/mol. The van der Waals surface area contributed by atoms with Crippen LogP contribution in [0.1, 0.15) is 13.3 Å². The normalized spacial score (nSPS) is 11.2. The Kier molecular flexibility index (Phi) is 7.99. The Balaban J connectivity index is 3.62. The second-order valence-electron chi connectivity index (χ2n) is 4.55. The summed E-state index contributed by atoms with van der Waals surface area (Å²) >= 11 is 1.59. The number of carbonyl (C=O) groups is 2. The molecule has 0 aromatic heterocycles. The number of thioether (sulfide) groups is 1. The van der Waals surface area contributed by atoms with Gasteiger partial charge in [0.25, 0.3) is 0 Å². The molecule has 0 aliphatic heterocycles. The van der Waals surface area contributed by atoms with Crippen LogP contribution in [0.2, 0.25) is 0 Å². The maximum atomic E-state index is 11.3. The van der Waals surface area contributed by atoms with Gasteiger partial charge in [0, 0.05) is 13.0 Å². The second-order valence-corrected chi connectivity index (χ2v) is 5.83. The highest BCUT2D eigenvalue weighted by molar-refractivity contribution is 7.99. The Hall–Kier alpha value is -0.750. The van der Waals surface area contributed by atoms with Gasteiger partial charge in [0.1, 0.15) is 0 Å². The van der Waals surface area contributed by atoms with E-state index in [-0.39, 0.29) is 12.5 Å². The molecule has 100 valence electrons. The number of carboxylic acids is 1. The molecule has 0 spiro atoms. The fourth-order valence-electron chi connectivity index (χ4n) is 1.43. The van der Waals surface area contributed by atoms with Crippen LogP contribution < -0.4 is 5.32 Å². The van der Waals surface area contributed by atoms with Gasteiger partial charge < -0.3 is 14.9 Å². The van der Waals surface area contributed by atoms with Crippen LogP contribution in [0.4, 0.5) is 0 Å². The minimum atomic E-state index is -0.793. The van der Waals surface area contributed by atoms with E-state index >= 15 is 0 Å². The molecule has 1 amide bonds. The van der Waals surface area contributed by atoms with Crippen molar-refractivity contribution < 1.29 is 19.2 Å². The van der Waals surface area contributed by atoms with Gasteiger partial charge in [-0.3, -0.25) is 4.79 Å². The van der Waals surface area contributed by atoms with Gasteiger partial charge >= 0.3 is 5.97 Å². The quantitative estimate of drug-likeness (QED) is 0.467. The van der Waals surface area contributed by atoms with E-state index in [1.165, 1.54) is 0 Å². The smallest absolute Gasteiger partial charge is 0.359 e. The number of nitrogens with one attached hydrogen (secondary N) is 1. The standard InChI is InChI=1S/C11H22N2O3S/c1-4-17-9-10(14)12-6-5-7-13(2,3)8-11(15)16/h4-9H2,1-3H3,(H-,12,14,15,16)/p+1. The molecular formula is C11H23N2O3S+. The molecule has 0 rings (SSSR count). The number of rotatable bonds is 9. The van der Waals surface area contributed by atoms with E-state index in [2.05, 4.69) is 5.32 Å². The zero-order valence-electron chi connectivity index (χ0n) is 10.9. The summed E-state index contributed by atoms with van der Waals surface area (Å²) < 4.78 is 0.439. The minimum Gasteiger partial charge on any atom is -0.477 e. The molecule has 2 N–H and O–H groups in total. The van der Waals surface area contributed by atoms with Crippen molar-refractivity contribution in [2.75, 3.05) is 45.2 Å². The van der Waals surface area contributed by atoms with Gasteiger partial charge in [-0.1, -0.05) is 6.92 Å². The number of nitrogens with zero attached hydrogens (tertiary/aromatic N) is 1. The van der Waals surface area contributed by atoms with Crippen LogP contribution in [0.3, 0.4) is 0 Å². The molecule has 0 heterocycles. The first-order valence-electron chi connectivity index (χ1n) is 5.75. The van der Waals surface area contributed by atoms with Crippen molar-refractivity contribution in [3.63, 3.8) is 0 Å². The van der Waals surface area contributed by atoms with E-state index in [1.807, 2.05) is 21.0 Å². The van der Waals surface area contributed by atoms with E-state index in [0.717, 1.165) is 18.7 Å². The largest absolute Gasteiger partial charge is 0.477 e. The predicted molar refractivity (Wildman–Crippen MR) is 70.1 cm³/mol. The van der Waals surface area contributed by atoms with Gasteiger partial charge in [-0.15, -0.1) is 0 Å². The molecule has 0 unspecified atom stereocenters. The summed E-state index contributed by atoms with van der Waals surface area (Å²) in [6.07, 6.45) is 0.794. The van der Waals surface area contributed by atoms with Crippen LogP contribution >= 0.6 is 11.8 Å². The van der Waals surface area contributed by atoms with Crippen molar-refractivity contribution in [2.45, 2.75) is 13.3 Å². The summed E-state index contributed by atoms with van der Waals surface area (Å²) in [5.74, 6) is 0.707. The molecule has 0 atom stereocenters. The maximum Gasteiger partial charge on any atom is 0.359 e. The summed E-state index contributed by atoms with van der Waals surface area (Å²) in [4.78, 5) is 21.9. The number of amides is 1. The molecule has 0 aromatic rings. The summed E-state index contributed by atoms with van der Waals surface area (Å²) in [6, 6.07) is 0. The third kappa shape index (κ3) is 10.1. The molecule has 0 bridgehead atoms. The highest BCUT2D eigenvalue weighted by atomic mass is 32.2. The second kappa shape index (κ2) is 8.36. The lowest BCUT2D eigenvalue weighted by molar-refractivity contribution is -0.883. The number of carbonyl (C=O) groups excluding carboxylic acids is 1. The molecule has 6 heteroatoms. The van der Waals surface area contributed by atoms with Crippen LogP contribution in [-0.2, 0) is 9.59 Å². The summed E-state index contributed by atoms with van der Waals surface area (Å²) in [5, 5.41) is 11.5. The van der Waals surface area contributed by atoms with Crippen molar-refractivity contribution >= 4 is 23.6 Å². The SMILES string of the molecule is CCSCC(=O)NCCC[N+](C)(C)CC(=O)O. The zero-order valence-corrected chi connectivity index (χ0v) is 11.7. The van der Waals surface area contributed by atoms with Crippen LogP contribution in [0.15, 0.2) is 0 Å². The Bertz CT molecular complexity index is 257. The highest BCUT2D eigenvalue weighted by Gasteiger charge is 2.18. The molecule has 0 aliphatic carbocycles. The number of hydrogen-bond acceptors (Lipinski definition) is 3. The third-order valence-corrected chi connectivity index (χ3v) is 3.14. The highest BCUT2D eigenvalue weighted by Crippen LogP contribution is 1.99. The van der Waals surface area contributed by atoms with Crippen molar-refractivity contribution in [1.29, 1.82) is 0 Å². The number of carboxylic acid groups (broad SMARTS) is 1. The lowest BCUT2D eigenvalue weighted by Gasteiger charge is -2.27. The molecule has 0 aromatic carbocycles. The number of likely N-dealkylation sites (N-methyl/N-ethyl adjacent to an activating group) is 1. The molecule has 17 heavy (non-hydrogen) atoms. The number of quaternary nitrogens is 1. The maximum absolute atomic E-state index is 11.3. The zero-order chi connectivity index (χ0) is 13.3. The summed E-state index contributed by atoms with van der Waals surface area (Å²) in [7, 11) is 3.76. The first-order chi connectivity index (χ1) is 7.87. The van der Waals surface area contributed by atoms with E-state index in [4.69, 9.17) is 5.11 Å². The van der Waals surface area contributed by atoms with Gasteiger partial charge in [0.05, 0.1) is 26.4 Å². The lowest BCUT2D eigenvalue weighted by Crippen LogP contribution is -2.45. The van der Waals surface area contributed by atoms with Crippen LogP contribution in [-0.4, -0.2) is 66.7 Å². The molecule has 0 saturated carbocycles. The average Bonchev–Trinajstić information content (AvgIpc) is 2.19.